The van der Waals surface area contributed by atoms with Crippen molar-refractivity contribution in [2.24, 2.45) is 17.6 Å². The van der Waals surface area contributed by atoms with Crippen molar-refractivity contribution in [3.05, 3.63) is 17.5 Å². The van der Waals surface area contributed by atoms with Crippen LogP contribution in [0.5, 0.6) is 0 Å². The van der Waals surface area contributed by atoms with Crippen LogP contribution in [0.1, 0.15) is 48.3 Å². The largest absolute Gasteiger partial charge is 0.347 e. The smallest absolute Gasteiger partial charge is 0.272 e. The van der Waals surface area contributed by atoms with Gasteiger partial charge >= 0.3 is 0 Å². The van der Waals surface area contributed by atoms with Gasteiger partial charge in [0.15, 0.2) is 0 Å². The number of aryl methyl sites for hydroxylation is 1. The van der Waals surface area contributed by atoms with Gasteiger partial charge in [-0.1, -0.05) is 6.42 Å². The van der Waals surface area contributed by atoms with Crippen molar-refractivity contribution in [1.29, 1.82) is 0 Å². The number of nitrogens with one attached hydrogen (secondary N) is 2. The zero-order chi connectivity index (χ0) is 13.4. The zero-order valence-corrected chi connectivity index (χ0v) is 12.6. The van der Waals surface area contributed by atoms with E-state index in [0.29, 0.717) is 23.6 Å². The van der Waals surface area contributed by atoms with Crippen LogP contribution in [-0.4, -0.2) is 28.2 Å². The van der Waals surface area contributed by atoms with Gasteiger partial charge in [-0.15, -0.1) is 12.4 Å². The van der Waals surface area contributed by atoms with Crippen LogP contribution < -0.4 is 11.1 Å². The highest BCUT2D eigenvalue weighted by Crippen LogP contribution is 2.39. The predicted molar refractivity (Wildman–Crippen MR) is 79.9 cm³/mol. The number of aromatic amines is 1. The highest BCUT2D eigenvalue weighted by molar-refractivity contribution is 5.92. The number of fused-ring (bicyclic) bond motifs is 2. The maximum absolute atomic E-state index is 12.2. The molecule has 2 aliphatic rings. The average molecular weight is 299 g/mol. The fraction of sp³-hybridized carbons (Fsp3) is 0.714. The van der Waals surface area contributed by atoms with Gasteiger partial charge in [-0.3, -0.25) is 9.89 Å². The Morgan fingerprint density at radius 3 is 2.60 bits per heavy atom. The Morgan fingerprint density at radius 1 is 1.40 bits per heavy atom. The summed E-state index contributed by atoms with van der Waals surface area (Å²) in [6, 6.07) is 2.40. The van der Waals surface area contributed by atoms with Crippen molar-refractivity contribution in [2.75, 3.05) is 0 Å². The molecule has 112 valence electrons. The van der Waals surface area contributed by atoms with Crippen LogP contribution in [0.2, 0.25) is 0 Å². The number of nitrogens with zero attached hydrogens (tertiary/aromatic N) is 1. The molecule has 2 aliphatic carbocycles. The molecule has 1 amide bonds. The van der Waals surface area contributed by atoms with Crippen molar-refractivity contribution in [2.45, 2.75) is 51.1 Å². The molecule has 2 atom stereocenters. The lowest BCUT2D eigenvalue weighted by Gasteiger charge is -2.45. The molecule has 1 heterocycles. The summed E-state index contributed by atoms with van der Waals surface area (Å²) in [5.74, 6) is 1.04. The summed E-state index contributed by atoms with van der Waals surface area (Å²) in [6.07, 6.45) is 5.74. The molecule has 6 heteroatoms. The molecular weight excluding hydrogens is 276 g/mol. The summed E-state index contributed by atoms with van der Waals surface area (Å²) in [4.78, 5) is 12.2. The summed E-state index contributed by atoms with van der Waals surface area (Å²) in [5, 5.41) is 10.0. The minimum Gasteiger partial charge on any atom is -0.347 e. The van der Waals surface area contributed by atoms with Gasteiger partial charge in [0.25, 0.3) is 5.91 Å². The van der Waals surface area contributed by atoms with Gasteiger partial charge in [-0.25, -0.2) is 0 Å². The monoisotopic (exact) mass is 298 g/mol. The standard InChI is InChI=1S/C14H22N4O.ClH/c1-8-5-12(18-17-8)14(19)16-13-9-3-2-4-10(13)7-11(15)6-9;/h5,9-11,13H,2-4,6-7,15H2,1H3,(H,16,19)(H,17,18);1H. The van der Waals surface area contributed by atoms with E-state index in [0.717, 1.165) is 18.5 Å². The molecule has 3 rings (SSSR count). The Labute approximate surface area is 125 Å². The molecule has 1 aromatic heterocycles. The third-order valence-electron chi connectivity index (χ3n) is 4.61. The van der Waals surface area contributed by atoms with E-state index in [1.807, 2.05) is 6.92 Å². The second-order valence-electron chi connectivity index (χ2n) is 6.12. The second-order valence-corrected chi connectivity index (χ2v) is 6.12. The molecule has 2 saturated carbocycles. The summed E-state index contributed by atoms with van der Waals surface area (Å²) in [7, 11) is 0. The first-order chi connectivity index (χ1) is 9.13. The van der Waals surface area contributed by atoms with Crippen molar-refractivity contribution < 1.29 is 4.79 Å². The van der Waals surface area contributed by atoms with Gasteiger partial charge in [-0.2, -0.15) is 5.10 Å². The van der Waals surface area contributed by atoms with E-state index in [4.69, 9.17) is 5.73 Å². The van der Waals surface area contributed by atoms with E-state index in [1.54, 1.807) is 6.07 Å². The number of rotatable bonds is 2. The lowest BCUT2D eigenvalue weighted by molar-refractivity contribution is 0.0751. The quantitative estimate of drug-likeness (QED) is 0.778. The fourth-order valence-corrected chi connectivity index (χ4v) is 3.78. The highest BCUT2D eigenvalue weighted by atomic mass is 35.5. The molecule has 2 fully saturated rings. The minimum atomic E-state index is -0.0540. The highest BCUT2D eigenvalue weighted by Gasteiger charge is 2.40. The topological polar surface area (TPSA) is 83.8 Å². The first-order valence-electron chi connectivity index (χ1n) is 7.22. The van der Waals surface area contributed by atoms with Crippen LogP contribution in [0.4, 0.5) is 0 Å². The first kappa shape index (κ1) is 15.3. The van der Waals surface area contributed by atoms with Gasteiger partial charge in [-0.05, 0) is 50.5 Å². The van der Waals surface area contributed by atoms with Gasteiger partial charge in [0.05, 0.1) is 0 Å². The van der Waals surface area contributed by atoms with E-state index in [-0.39, 0.29) is 24.4 Å². The lowest BCUT2D eigenvalue weighted by atomic mass is 9.67. The Bertz CT molecular complexity index is 461. The molecule has 4 N–H and O–H groups in total. The molecule has 0 aliphatic heterocycles. The SMILES string of the molecule is Cc1cc(C(=O)NC2C3CCCC2CC(N)C3)n[nH]1.Cl. The van der Waals surface area contributed by atoms with E-state index in [2.05, 4.69) is 15.5 Å². The molecule has 20 heavy (non-hydrogen) atoms. The predicted octanol–water partition coefficient (Wildman–Crippen LogP) is 1.78. The number of nitrogens with two attached hydrogens (primary N) is 1. The average Bonchev–Trinajstić information content (AvgIpc) is 2.77. The Balaban J connectivity index is 0.00000147. The van der Waals surface area contributed by atoms with Crippen LogP contribution in [0.25, 0.3) is 0 Å². The third-order valence-corrected chi connectivity index (χ3v) is 4.61. The number of carbonyl (C=O) groups excluding carboxylic acids is 1. The lowest BCUT2D eigenvalue weighted by Crippen LogP contribution is -2.53. The van der Waals surface area contributed by atoms with Crippen LogP contribution in [-0.2, 0) is 0 Å². The molecule has 5 nitrogen and oxygen atoms in total. The summed E-state index contributed by atoms with van der Waals surface area (Å²) in [6.45, 7) is 1.90. The third kappa shape index (κ3) is 2.99. The van der Waals surface area contributed by atoms with E-state index >= 15 is 0 Å². The molecular formula is C14H23ClN4O. The normalized spacial score (nSPS) is 32.3. The number of hydrogen-bond donors (Lipinski definition) is 3. The van der Waals surface area contributed by atoms with E-state index < -0.39 is 0 Å². The number of amides is 1. The number of carbonyl (C=O) groups is 1. The van der Waals surface area contributed by atoms with Gasteiger partial charge in [0.1, 0.15) is 5.69 Å². The minimum absolute atomic E-state index is 0. The summed E-state index contributed by atoms with van der Waals surface area (Å²) in [5.41, 5.74) is 7.51. The maximum Gasteiger partial charge on any atom is 0.272 e. The van der Waals surface area contributed by atoms with Gasteiger partial charge in [0.2, 0.25) is 0 Å². The van der Waals surface area contributed by atoms with Crippen LogP contribution in [0.15, 0.2) is 6.07 Å². The van der Waals surface area contributed by atoms with Crippen molar-refractivity contribution in [3.63, 3.8) is 0 Å². The van der Waals surface area contributed by atoms with Crippen molar-refractivity contribution in [3.8, 4) is 0 Å². The number of H-pyrrole nitrogens is 1. The molecule has 0 spiro atoms. The van der Waals surface area contributed by atoms with E-state index in [9.17, 15) is 4.79 Å². The van der Waals surface area contributed by atoms with Crippen molar-refractivity contribution in [1.82, 2.24) is 15.5 Å². The van der Waals surface area contributed by atoms with Gasteiger partial charge < -0.3 is 11.1 Å². The molecule has 1 aromatic rings. The maximum atomic E-state index is 12.2. The molecule has 0 saturated heterocycles. The van der Waals surface area contributed by atoms with Crippen LogP contribution in [0.3, 0.4) is 0 Å². The Morgan fingerprint density at radius 2 is 2.05 bits per heavy atom. The molecule has 2 unspecified atom stereocenters. The fourth-order valence-electron chi connectivity index (χ4n) is 3.78. The Hall–Kier alpha value is -1.07. The molecule has 0 aromatic carbocycles. The molecule has 2 bridgehead atoms. The Kier molecular flexibility index (Phi) is 4.70. The van der Waals surface area contributed by atoms with Crippen LogP contribution in [0, 0.1) is 18.8 Å². The number of hydrogen-bond acceptors (Lipinski definition) is 3. The first-order valence-corrected chi connectivity index (χ1v) is 7.22. The van der Waals surface area contributed by atoms with E-state index in [1.165, 1.54) is 19.3 Å². The van der Waals surface area contributed by atoms with Crippen LogP contribution >= 0.6 is 12.4 Å². The summed E-state index contributed by atoms with van der Waals surface area (Å²) >= 11 is 0. The second kappa shape index (κ2) is 6.14. The zero-order valence-electron chi connectivity index (χ0n) is 11.8. The molecule has 0 radical (unpaired) electrons. The summed E-state index contributed by atoms with van der Waals surface area (Å²) < 4.78 is 0. The number of halogens is 1. The number of aromatic nitrogens is 2. The van der Waals surface area contributed by atoms with Crippen molar-refractivity contribution >= 4 is 18.3 Å². The van der Waals surface area contributed by atoms with Gasteiger partial charge in [0, 0.05) is 17.8 Å².